The van der Waals surface area contributed by atoms with E-state index in [9.17, 15) is 14.4 Å². The molecular formula is C21H22N2O5. The van der Waals surface area contributed by atoms with Gasteiger partial charge in [0.25, 0.3) is 5.91 Å². The highest BCUT2D eigenvalue weighted by molar-refractivity contribution is 6.07. The van der Waals surface area contributed by atoms with Gasteiger partial charge in [0.15, 0.2) is 0 Å². The molecule has 2 aromatic carbocycles. The molecule has 7 heteroatoms. The standard InChI is InChI=1S/C21H22N2O5/c1-21(12-16-6-4-5-7-17(16)27-2)19(25)23(20(26)22-21)13-14-8-10-15(11-9-14)18(24)28-3/h4-11H,12-13H2,1-3H3,(H,22,26)/t21-/m1/s1. The highest BCUT2D eigenvalue weighted by Gasteiger charge is 2.47. The third-order valence-corrected chi connectivity index (χ3v) is 4.80. The Balaban J connectivity index is 1.76. The van der Waals surface area contributed by atoms with Gasteiger partial charge >= 0.3 is 12.0 Å². The molecule has 1 atom stereocenters. The molecule has 1 aliphatic heterocycles. The van der Waals surface area contributed by atoms with E-state index in [1.807, 2.05) is 24.3 Å². The van der Waals surface area contributed by atoms with Crippen molar-refractivity contribution < 1.29 is 23.9 Å². The van der Waals surface area contributed by atoms with Gasteiger partial charge in [0, 0.05) is 6.42 Å². The number of amides is 3. The van der Waals surface area contributed by atoms with Crippen LogP contribution in [-0.2, 0) is 22.5 Å². The monoisotopic (exact) mass is 382 g/mol. The number of rotatable bonds is 6. The van der Waals surface area contributed by atoms with Gasteiger partial charge in [-0.15, -0.1) is 0 Å². The average molecular weight is 382 g/mol. The number of hydrogen-bond donors (Lipinski definition) is 1. The Bertz CT molecular complexity index is 909. The van der Waals surface area contributed by atoms with Crippen molar-refractivity contribution in [1.29, 1.82) is 0 Å². The van der Waals surface area contributed by atoms with E-state index in [4.69, 9.17) is 4.74 Å². The SMILES string of the molecule is COC(=O)c1ccc(CN2C(=O)N[C@](C)(Cc3ccccc3OC)C2=O)cc1. The van der Waals surface area contributed by atoms with E-state index in [0.29, 0.717) is 17.7 Å². The average Bonchev–Trinajstić information content (AvgIpc) is 2.91. The van der Waals surface area contributed by atoms with Gasteiger partial charge in [0.05, 0.1) is 26.3 Å². The summed E-state index contributed by atoms with van der Waals surface area (Å²) in [5, 5.41) is 2.80. The number of imide groups is 1. The van der Waals surface area contributed by atoms with E-state index in [-0.39, 0.29) is 12.5 Å². The zero-order chi connectivity index (χ0) is 20.3. The number of para-hydroxylation sites is 1. The number of nitrogens with zero attached hydrogens (tertiary/aromatic N) is 1. The van der Waals surface area contributed by atoms with Crippen LogP contribution in [-0.4, -0.2) is 42.6 Å². The van der Waals surface area contributed by atoms with Gasteiger partial charge in [-0.05, 0) is 36.2 Å². The highest BCUT2D eigenvalue weighted by atomic mass is 16.5. The summed E-state index contributed by atoms with van der Waals surface area (Å²) in [6.07, 6.45) is 0.319. The Labute approximate surface area is 163 Å². The molecule has 0 saturated carbocycles. The third-order valence-electron chi connectivity index (χ3n) is 4.80. The zero-order valence-corrected chi connectivity index (χ0v) is 16.0. The lowest BCUT2D eigenvalue weighted by molar-refractivity contribution is -0.131. The molecule has 0 bridgehead atoms. The number of hydrogen-bond acceptors (Lipinski definition) is 5. The third kappa shape index (κ3) is 3.69. The number of carbonyl (C=O) groups excluding carboxylic acids is 3. The van der Waals surface area contributed by atoms with Gasteiger partial charge < -0.3 is 14.8 Å². The molecule has 1 aliphatic rings. The van der Waals surface area contributed by atoms with Crippen LogP contribution in [0.4, 0.5) is 4.79 Å². The molecule has 0 aliphatic carbocycles. The molecule has 2 aromatic rings. The van der Waals surface area contributed by atoms with Crippen molar-refractivity contribution in [3.8, 4) is 5.75 Å². The van der Waals surface area contributed by atoms with E-state index in [2.05, 4.69) is 10.1 Å². The van der Waals surface area contributed by atoms with Gasteiger partial charge in [-0.1, -0.05) is 30.3 Å². The van der Waals surface area contributed by atoms with Crippen molar-refractivity contribution in [2.45, 2.75) is 25.4 Å². The maximum Gasteiger partial charge on any atom is 0.337 e. The topological polar surface area (TPSA) is 84.9 Å². The van der Waals surface area contributed by atoms with Crippen LogP contribution < -0.4 is 10.1 Å². The lowest BCUT2D eigenvalue weighted by Gasteiger charge is -2.23. The number of carbonyl (C=O) groups is 3. The highest BCUT2D eigenvalue weighted by Crippen LogP contribution is 2.28. The largest absolute Gasteiger partial charge is 0.496 e. The molecule has 7 nitrogen and oxygen atoms in total. The van der Waals surface area contributed by atoms with Gasteiger partial charge in [0.2, 0.25) is 0 Å². The fourth-order valence-corrected chi connectivity index (χ4v) is 3.29. The Morgan fingerprint density at radius 1 is 1.07 bits per heavy atom. The molecular weight excluding hydrogens is 360 g/mol. The van der Waals surface area contributed by atoms with E-state index >= 15 is 0 Å². The molecule has 0 aromatic heterocycles. The molecule has 0 radical (unpaired) electrons. The second-order valence-electron chi connectivity index (χ2n) is 6.83. The number of urea groups is 1. The van der Waals surface area contributed by atoms with Crippen LogP contribution in [0.15, 0.2) is 48.5 Å². The van der Waals surface area contributed by atoms with E-state index in [0.717, 1.165) is 11.1 Å². The Kier molecular flexibility index (Phi) is 5.35. The fourth-order valence-electron chi connectivity index (χ4n) is 3.29. The fraction of sp³-hybridized carbons (Fsp3) is 0.286. The lowest BCUT2D eigenvalue weighted by Crippen LogP contribution is -2.46. The van der Waals surface area contributed by atoms with Crippen molar-refractivity contribution in [3.63, 3.8) is 0 Å². The lowest BCUT2D eigenvalue weighted by atomic mass is 9.92. The predicted octanol–water partition coefficient (Wildman–Crippen LogP) is 2.54. The summed E-state index contributed by atoms with van der Waals surface area (Å²) in [6, 6.07) is 13.6. The van der Waals surface area contributed by atoms with Gasteiger partial charge in [-0.3, -0.25) is 9.69 Å². The van der Waals surface area contributed by atoms with Gasteiger partial charge in [-0.25, -0.2) is 9.59 Å². The molecule has 0 unspecified atom stereocenters. The first-order valence-corrected chi connectivity index (χ1v) is 8.81. The summed E-state index contributed by atoms with van der Waals surface area (Å²) < 4.78 is 10.0. The normalized spacial score (nSPS) is 18.8. The molecule has 1 saturated heterocycles. The summed E-state index contributed by atoms with van der Waals surface area (Å²) >= 11 is 0. The van der Waals surface area contributed by atoms with Crippen molar-refractivity contribution in [2.24, 2.45) is 0 Å². The van der Waals surface area contributed by atoms with E-state index < -0.39 is 17.5 Å². The summed E-state index contributed by atoms with van der Waals surface area (Å²) in [5.74, 6) is -0.0750. The van der Waals surface area contributed by atoms with Crippen LogP contribution in [0.25, 0.3) is 0 Å². The second-order valence-corrected chi connectivity index (χ2v) is 6.83. The maximum absolute atomic E-state index is 13.0. The van der Waals surface area contributed by atoms with Crippen LogP contribution >= 0.6 is 0 Å². The van der Waals surface area contributed by atoms with Crippen molar-refractivity contribution >= 4 is 17.9 Å². The number of esters is 1. The minimum atomic E-state index is -1.06. The summed E-state index contributed by atoms with van der Waals surface area (Å²) in [4.78, 5) is 38.2. The first-order chi connectivity index (χ1) is 13.4. The number of ether oxygens (including phenoxy) is 2. The quantitative estimate of drug-likeness (QED) is 0.613. The molecule has 1 fully saturated rings. The molecule has 28 heavy (non-hydrogen) atoms. The van der Waals surface area contributed by atoms with Crippen LogP contribution in [0.1, 0.15) is 28.4 Å². The predicted molar refractivity (Wildman–Crippen MR) is 102 cm³/mol. The molecule has 3 rings (SSSR count). The molecule has 1 N–H and O–H groups in total. The molecule has 0 spiro atoms. The van der Waals surface area contributed by atoms with Crippen LogP contribution in [0, 0.1) is 0 Å². The second kappa shape index (κ2) is 7.72. The minimum Gasteiger partial charge on any atom is -0.496 e. The Hall–Kier alpha value is -3.35. The molecule has 3 amide bonds. The summed E-state index contributed by atoms with van der Waals surface area (Å²) in [5.41, 5.74) is 0.921. The minimum absolute atomic E-state index is 0.119. The van der Waals surface area contributed by atoms with E-state index in [1.54, 1.807) is 38.3 Å². The van der Waals surface area contributed by atoms with Gasteiger partial charge in [0.1, 0.15) is 11.3 Å². The Morgan fingerprint density at radius 2 is 1.75 bits per heavy atom. The molecule has 146 valence electrons. The first kappa shape index (κ1) is 19.4. The summed E-state index contributed by atoms with van der Waals surface area (Å²) in [6.45, 7) is 1.83. The number of nitrogens with one attached hydrogen (secondary N) is 1. The van der Waals surface area contributed by atoms with Crippen LogP contribution in [0.3, 0.4) is 0 Å². The Morgan fingerprint density at radius 3 is 2.39 bits per heavy atom. The van der Waals surface area contributed by atoms with Crippen LogP contribution in [0.5, 0.6) is 5.75 Å². The number of methoxy groups -OCH3 is 2. The van der Waals surface area contributed by atoms with Crippen LogP contribution in [0.2, 0.25) is 0 Å². The molecule has 1 heterocycles. The van der Waals surface area contributed by atoms with Crippen molar-refractivity contribution in [1.82, 2.24) is 10.2 Å². The van der Waals surface area contributed by atoms with Crippen molar-refractivity contribution in [2.75, 3.05) is 14.2 Å². The van der Waals surface area contributed by atoms with E-state index in [1.165, 1.54) is 12.0 Å². The first-order valence-electron chi connectivity index (χ1n) is 8.81. The van der Waals surface area contributed by atoms with Crippen molar-refractivity contribution in [3.05, 3.63) is 65.2 Å². The number of benzene rings is 2. The smallest absolute Gasteiger partial charge is 0.337 e. The maximum atomic E-state index is 13.0. The van der Waals surface area contributed by atoms with Gasteiger partial charge in [-0.2, -0.15) is 0 Å². The zero-order valence-electron chi connectivity index (χ0n) is 16.0. The summed E-state index contributed by atoms with van der Waals surface area (Å²) in [7, 11) is 2.88.